The number of oxime groups is 1. The van der Waals surface area contributed by atoms with E-state index in [4.69, 9.17) is 14.8 Å². The highest BCUT2D eigenvalue weighted by atomic mass is 19.1. The zero-order valence-electron chi connectivity index (χ0n) is 9.31. The van der Waals surface area contributed by atoms with E-state index in [1.54, 1.807) is 12.1 Å². The molecule has 0 aliphatic carbocycles. The van der Waals surface area contributed by atoms with Crippen LogP contribution in [0.4, 0.5) is 4.39 Å². The summed E-state index contributed by atoms with van der Waals surface area (Å²) in [6.07, 6.45) is 0.529. The number of nitrogens with zero attached hydrogens (tertiary/aromatic N) is 2. The van der Waals surface area contributed by atoms with Crippen LogP contribution >= 0.6 is 0 Å². The number of hydrogen-bond acceptors (Lipinski definition) is 4. The summed E-state index contributed by atoms with van der Waals surface area (Å²) in [6, 6.07) is 6.07. The molecule has 1 aromatic carbocycles. The summed E-state index contributed by atoms with van der Waals surface area (Å²) >= 11 is 0. The van der Waals surface area contributed by atoms with Gasteiger partial charge in [-0.2, -0.15) is 5.26 Å². The zero-order chi connectivity index (χ0) is 12.3. The molecule has 4 nitrogen and oxygen atoms in total. The zero-order valence-corrected chi connectivity index (χ0v) is 9.31. The molecule has 88 valence electrons. The predicted octanol–water partition coefficient (Wildman–Crippen LogP) is 2.24. The van der Waals surface area contributed by atoms with Crippen LogP contribution in [0.5, 0.6) is 5.75 Å². The highest BCUT2D eigenvalue weighted by molar-refractivity contribution is 5.82. The molecule has 0 saturated heterocycles. The lowest BCUT2D eigenvalue weighted by Crippen LogP contribution is -2.18. The van der Waals surface area contributed by atoms with Gasteiger partial charge in [-0.25, -0.2) is 4.39 Å². The Morgan fingerprint density at radius 1 is 1.65 bits per heavy atom. The van der Waals surface area contributed by atoms with Gasteiger partial charge < -0.3 is 9.57 Å². The Labute approximate surface area is 98.2 Å². The van der Waals surface area contributed by atoms with Crippen LogP contribution in [0, 0.1) is 17.1 Å². The molecule has 1 aromatic rings. The molecule has 2 rings (SSSR count). The minimum absolute atomic E-state index is 0.0804. The number of halogens is 1. The van der Waals surface area contributed by atoms with Gasteiger partial charge in [0.05, 0.1) is 5.71 Å². The van der Waals surface area contributed by atoms with Gasteiger partial charge in [0.1, 0.15) is 29.8 Å². The van der Waals surface area contributed by atoms with E-state index < -0.39 is 5.82 Å². The third-order valence-electron chi connectivity index (χ3n) is 2.39. The fourth-order valence-electron chi connectivity index (χ4n) is 1.57. The molecule has 5 heteroatoms. The lowest BCUT2D eigenvalue weighted by molar-refractivity contribution is 0.0469. The highest BCUT2D eigenvalue weighted by Crippen LogP contribution is 2.21. The third kappa shape index (κ3) is 2.53. The molecule has 1 atom stereocenters. The lowest BCUT2D eigenvalue weighted by Gasteiger charge is -2.11. The molecule has 0 N–H and O–H groups in total. The first kappa shape index (κ1) is 11.4. The van der Waals surface area contributed by atoms with Crippen LogP contribution in [-0.2, 0) is 4.84 Å². The van der Waals surface area contributed by atoms with Crippen LogP contribution in [0.25, 0.3) is 0 Å². The van der Waals surface area contributed by atoms with Crippen molar-refractivity contribution < 1.29 is 14.0 Å². The molecule has 0 spiro atoms. The molecule has 0 amide bonds. The monoisotopic (exact) mass is 234 g/mol. The molecule has 17 heavy (non-hydrogen) atoms. The predicted molar refractivity (Wildman–Crippen MR) is 59.2 cm³/mol. The van der Waals surface area contributed by atoms with Crippen molar-refractivity contribution in [2.45, 2.75) is 19.4 Å². The summed E-state index contributed by atoms with van der Waals surface area (Å²) in [4.78, 5) is 5.08. The van der Waals surface area contributed by atoms with Gasteiger partial charge in [0.2, 0.25) is 0 Å². The fourth-order valence-corrected chi connectivity index (χ4v) is 1.57. The van der Waals surface area contributed by atoms with Crippen LogP contribution < -0.4 is 4.74 Å². The van der Waals surface area contributed by atoms with Gasteiger partial charge >= 0.3 is 0 Å². The van der Waals surface area contributed by atoms with Gasteiger partial charge in [-0.15, -0.1) is 0 Å². The van der Waals surface area contributed by atoms with E-state index in [0.29, 0.717) is 6.42 Å². The van der Waals surface area contributed by atoms with Crippen LogP contribution in [0.1, 0.15) is 18.9 Å². The summed E-state index contributed by atoms with van der Waals surface area (Å²) in [5.41, 5.74) is 0.821. The molecule has 1 heterocycles. The van der Waals surface area contributed by atoms with Crippen LogP contribution in [0.2, 0.25) is 0 Å². The maximum absolute atomic E-state index is 13.3. The lowest BCUT2D eigenvalue weighted by atomic mass is 10.2. The van der Waals surface area contributed by atoms with E-state index in [0.717, 1.165) is 5.71 Å². The average molecular weight is 234 g/mol. The van der Waals surface area contributed by atoms with Crippen molar-refractivity contribution in [1.82, 2.24) is 0 Å². The molecule has 0 aromatic heterocycles. The van der Waals surface area contributed by atoms with Crippen LogP contribution in [-0.4, -0.2) is 18.4 Å². The number of benzene rings is 1. The Morgan fingerprint density at radius 2 is 2.47 bits per heavy atom. The van der Waals surface area contributed by atoms with Gasteiger partial charge in [0, 0.05) is 6.42 Å². The SMILES string of the molecule is CC1=NOC(COc2cccc(F)c2C#N)C1. The summed E-state index contributed by atoms with van der Waals surface area (Å²) < 4.78 is 18.6. The Hall–Kier alpha value is -2.09. The summed E-state index contributed by atoms with van der Waals surface area (Å²) in [5, 5.41) is 12.6. The molecule has 1 aliphatic rings. The van der Waals surface area contributed by atoms with Crippen molar-refractivity contribution in [3.63, 3.8) is 0 Å². The number of ether oxygens (including phenoxy) is 1. The first-order chi connectivity index (χ1) is 8.20. The van der Waals surface area contributed by atoms with E-state index in [-0.39, 0.29) is 24.0 Å². The molecule has 0 saturated carbocycles. The minimum Gasteiger partial charge on any atom is -0.488 e. The van der Waals surface area contributed by atoms with Crippen LogP contribution in [0.15, 0.2) is 23.4 Å². The summed E-state index contributed by atoms with van der Waals surface area (Å²) in [5.74, 6) is -0.342. The number of hydrogen-bond donors (Lipinski definition) is 0. The molecule has 0 radical (unpaired) electrons. The number of nitriles is 1. The second-order valence-corrected chi connectivity index (χ2v) is 3.79. The van der Waals surface area contributed by atoms with Gasteiger partial charge in [0.15, 0.2) is 6.10 Å². The standard InChI is InChI=1S/C12H11FN2O2/c1-8-5-9(17-15-8)7-16-12-4-2-3-11(13)10(12)6-14/h2-4,9H,5,7H2,1H3. The average Bonchev–Trinajstić information content (AvgIpc) is 2.72. The van der Waals surface area contributed by atoms with Gasteiger partial charge in [0.25, 0.3) is 0 Å². The Morgan fingerprint density at radius 3 is 3.12 bits per heavy atom. The highest BCUT2D eigenvalue weighted by Gasteiger charge is 2.19. The van der Waals surface area contributed by atoms with E-state index >= 15 is 0 Å². The summed E-state index contributed by atoms with van der Waals surface area (Å²) in [7, 11) is 0. The van der Waals surface area contributed by atoms with Gasteiger partial charge in [-0.1, -0.05) is 11.2 Å². The maximum Gasteiger partial charge on any atom is 0.166 e. The number of rotatable bonds is 3. The minimum atomic E-state index is -0.579. The second kappa shape index (κ2) is 4.83. The van der Waals surface area contributed by atoms with Crippen LogP contribution in [0.3, 0.4) is 0 Å². The molecule has 1 aliphatic heterocycles. The summed E-state index contributed by atoms with van der Waals surface area (Å²) in [6.45, 7) is 2.11. The Balaban J connectivity index is 2.00. The topological polar surface area (TPSA) is 54.6 Å². The van der Waals surface area contributed by atoms with Crippen molar-refractivity contribution in [2.24, 2.45) is 5.16 Å². The Kier molecular flexibility index (Phi) is 3.24. The smallest absolute Gasteiger partial charge is 0.166 e. The fraction of sp³-hybridized carbons (Fsp3) is 0.333. The molecule has 0 fully saturated rings. The molecular formula is C12H11FN2O2. The van der Waals surface area contributed by atoms with Crippen molar-refractivity contribution in [1.29, 1.82) is 5.26 Å². The van der Waals surface area contributed by atoms with Crippen molar-refractivity contribution in [3.8, 4) is 11.8 Å². The maximum atomic E-state index is 13.3. The van der Waals surface area contributed by atoms with E-state index in [1.165, 1.54) is 12.1 Å². The normalized spacial score (nSPS) is 18.2. The van der Waals surface area contributed by atoms with Crippen molar-refractivity contribution in [3.05, 3.63) is 29.6 Å². The molecular weight excluding hydrogens is 223 g/mol. The first-order valence-electron chi connectivity index (χ1n) is 5.21. The quantitative estimate of drug-likeness (QED) is 0.805. The van der Waals surface area contributed by atoms with E-state index in [1.807, 2.05) is 6.92 Å². The van der Waals surface area contributed by atoms with Gasteiger partial charge in [-0.3, -0.25) is 0 Å². The van der Waals surface area contributed by atoms with Crippen molar-refractivity contribution in [2.75, 3.05) is 6.61 Å². The van der Waals surface area contributed by atoms with Gasteiger partial charge in [-0.05, 0) is 19.1 Å². The molecule has 0 bridgehead atoms. The Bertz CT molecular complexity index is 494. The van der Waals surface area contributed by atoms with Crippen molar-refractivity contribution >= 4 is 5.71 Å². The van der Waals surface area contributed by atoms with E-state index in [9.17, 15) is 4.39 Å². The largest absolute Gasteiger partial charge is 0.488 e. The molecule has 1 unspecified atom stereocenters. The first-order valence-corrected chi connectivity index (χ1v) is 5.21. The van der Waals surface area contributed by atoms with E-state index in [2.05, 4.69) is 5.16 Å². The third-order valence-corrected chi connectivity index (χ3v) is 2.39. The second-order valence-electron chi connectivity index (χ2n) is 3.79.